The summed E-state index contributed by atoms with van der Waals surface area (Å²) in [6.07, 6.45) is -0.101. The number of hydrogen-bond donors (Lipinski definition) is 3. The van der Waals surface area contributed by atoms with Gasteiger partial charge in [-0.05, 0) is 39.0 Å². The van der Waals surface area contributed by atoms with Crippen LogP contribution in [0.5, 0.6) is 5.88 Å². The molecule has 12 nitrogen and oxygen atoms in total. The van der Waals surface area contributed by atoms with E-state index in [4.69, 9.17) is 9.47 Å². The lowest BCUT2D eigenvalue weighted by molar-refractivity contribution is -0.116. The molecule has 0 atom stereocenters. The lowest BCUT2D eigenvalue weighted by Crippen LogP contribution is -2.49. The highest BCUT2D eigenvalue weighted by Crippen LogP contribution is 2.18. The van der Waals surface area contributed by atoms with E-state index in [2.05, 4.69) is 35.9 Å². The Labute approximate surface area is 223 Å². The van der Waals surface area contributed by atoms with Gasteiger partial charge in [-0.25, -0.2) is 4.79 Å². The van der Waals surface area contributed by atoms with E-state index in [-0.39, 0.29) is 11.7 Å². The number of para-hydroxylation sites is 1. The van der Waals surface area contributed by atoms with Crippen molar-refractivity contribution in [2.24, 2.45) is 0 Å². The fraction of sp³-hybridized carbons (Fsp3) is 0.500. The summed E-state index contributed by atoms with van der Waals surface area (Å²) >= 11 is 0. The normalized spacial score (nSPS) is 14.4. The Hall–Kier alpha value is -3.77. The molecule has 1 aliphatic rings. The predicted octanol–water partition coefficient (Wildman–Crippen LogP) is 2.21. The minimum absolute atomic E-state index is 0.168. The summed E-state index contributed by atoms with van der Waals surface area (Å²) < 4.78 is 10.2. The largest absolute Gasteiger partial charge is 0.480 e. The maximum Gasteiger partial charge on any atom is 0.407 e. The molecular formula is C26H37N7O5. The van der Waals surface area contributed by atoms with Gasteiger partial charge in [0.05, 0.1) is 18.4 Å². The minimum atomic E-state index is -0.511. The Kier molecular flexibility index (Phi) is 10.4. The summed E-state index contributed by atoms with van der Waals surface area (Å²) in [5.41, 5.74) is 0.244. The van der Waals surface area contributed by atoms with E-state index < -0.39 is 17.6 Å². The number of alkyl carbamates (subject to hydrolysis) is 1. The molecule has 2 heterocycles. The van der Waals surface area contributed by atoms with Crippen molar-refractivity contribution in [1.82, 2.24) is 25.3 Å². The van der Waals surface area contributed by atoms with E-state index in [9.17, 15) is 14.4 Å². The summed E-state index contributed by atoms with van der Waals surface area (Å²) in [5.74, 6) is 0.0418. The highest BCUT2D eigenvalue weighted by molar-refractivity contribution is 6.09. The molecule has 1 fully saturated rings. The second-order valence-corrected chi connectivity index (χ2v) is 9.87. The molecule has 0 radical (unpaired) electrons. The van der Waals surface area contributed by atoms with Gasteiger partial charge in [0.15, 0.2) is 5.82 Å². The van der Waals surface area contributed by atoms with Crippen LogP contribution in [0.4, 0.5) is 16.3 Å². The van der Waals surface area contributed by atoms with Crippen molar-refractivity contribution < 1.29 is 23.9 Å². The minimum Gasteiger partial charge on any atom is -0.480 e. The summed E-state index contributed by atoms with van der Waals surface area (Å²) in [6, 6.07) is 10.00. The van der Waals surface area contributed by atoms with Crippen LogP contribution >= 0.6 is 0 Å². The zero-order valence-electron chi connectivity index (χ0n) is 22.5. The maximum absolute atomic E-state index is 12.8. The topological polar surface area (TPSA) is 138 Å². The molecule has 1 aliphatic heterocycles. The standard InChI is InChI=1S/C26H37N7O5/c1-26(2,3)38-25(36)27-12-14-33-17-15-32(16-18-33)13-11-22(34)28-20-8-6-5-7-19(20)24(35)29-21-9-10-23(37-4)31-30-21/h5-10H,11-18H2,1-4H3,(H,27,36)(H,28,34)(H,29,30,35). The van der Waals surface area contributed by atoms with Crippen LogP contribution in [-0.4, -0.2) is 96.4 Å². The van der Waals surface area contributed by atoms with E-state index in [1.165, 1.54) is 7.11 Å². The predicted molar refractivity (Wildman–Crippen MR) is 143 cm³/mol. The number of amides is 3. The second kappa shape index (κ2) is 13.7. The molecule has 2 aromatic rings. The molecule has 1 saturated heterocycles. The van der Waals surface area contributed by atoms with Gasteiger partial charge in [0.25, 0.3) is 5.91 Å². The number of anilines is 2. The number of carbonyl (C=O) groups excluding carboxylic acids is 3. The van der Waals surface area contributed by atoms with Gasteiger partial charge in [-0.2, -0.15) is 0 Å². The first-order chi connectivity index (χ1) is 18.1. The Bertz CT molecular complexity index is 1080. The summed E-state index contributed by atoms with van der Waals surface area (Å²) in [7, 11) is 1.48. The smallest absolute Gasteiger partial charge is 0.407 e. The number of nitrogens with one attached hydrogen (secondary N) is 3. The highest BCUT2D eigenvalue weighted by Gasteiger charge is 2.20. The summed E-state index contributed by atoms with van der Waals surface area (Å²) in [4.78, 5) is 41.7. The fourth-order valence-corrected chi connectivity index (χ4v) is 3.81. The molecule has 1 aromatic carbocycles. The van der Waals surface area contributed by atoms with Crippen LogP contribution in [0, 0.1) is 0 Å². The quantitative estimate of drug-likeness (QED) is 0.424. The number of aromatic nitrogens is 2. The van der Waals surface area contributed by atoms with Gasteiger partial charge in [-0.1, -0.05) is 12.1 Å². The molecule has 206 valence electrons. The van der Waals surface area contributed by atoms with E-state index in [0.29, 0.717) is 36.6 Å². The van der Waals surface area contributed by atoms with Gasteiger partial charge in [0.1, 0.15) is 5.60 Å². The average Bonchev–Trinajstić information content (AvgIpc) is 2.88. The fourth-order valence-electron chi connectivity index (χ4n) is 3.81. The number of piperazine rings is 1. The van der Waals surface area contributed by atoms with Gasteiger partial charge in [0.2, 0.25) is 11.8 Å². The number of hydrogen-bond acceptors (Lipinski definition) is 9. The number of carbonyl (C=O) groups is 3. The van der Waals surface area contributed by atoms with Crippen molar-refractivity contribution in [3.8, 4) is 5.88 Å². The third-order valence-electron chi connectivity index (χ3n) is 5.75. The SMILES string of the molecule is COc1ccc(NC(=O)c2ccccc2NC(=O)CCN2CCN(CCNC(=O)OC(C)(C)C)CC2)nn1. The second-order valence-electron chi connectivity index (χ2n) is 9.87. The molecule has 0 saturated carbocycles. The lowest BCUT2D eigenvalue weighted by atomic mass is 10.1. The Morgan fingerprint density at radius 1 is 0.921 bits per heavy atom. The molecule has 0 bridgehead atoms. The Morgan fingerprint density at radius 2 is 1.61 bits per heavy atom. The van der Waals surface area contributed by atoms with Gasteiger partial charge in [-0.15, -0.1) is 10.2 Å². The Morgan fingerprint density at radius 3 is 2.24 bits per heavy atom. The van der Waals surface area contributed by atoms with Crippen molar-refractivity contribution in [1.29, 1.82) is 0 Å². The molecular weight excluding hydrogens is 490 g/mol. The first-order valence-corrected chi connectivity index (χ1v) is 12.6. The highest BCUT2D eigenvalue weighted by atomic mass is 16.6. The summed E-state index contributed by atoms with van der Waals surface area (Å²) in [6.45, 7) is 10.8. The van der Waals surface area contributed by atoms with Crippen LogP contribution in [0.3, 0.4) is 0 Å². The average molecular weight is 528 g/mol. The first kappa shape index (κ1) is 28.8. The molecule has 1 aromatic heterocycles. The van der Waals surface area contributed by atoms with Crippen molar-refractivity contribution in [2.45, 2.75) is 32.8 Å². The Balaban J connectivity index is 1.39. The van der Waals surface area contributed by atoms with E-state index in [1.807, 2.05) is 20.8 Å². The molecule has 38 heavy (non-hydrogen) atoms. The van der Waals surface area contributed by atoms with Crippen molar-refractivity contribution in [2.75, 3.05) is 63.6 Å². The van der Waals surface area contributed by atoms with Crippen molar-refractivity contribution >= 4 is 29.4 Å². The van der Waals surface area contributed by atoms with Gasteiger partial charge in [0, 0.05) is 58.3 Å². The number of nitrogens with zero attached hydrogens (tertiary/aromatic N) is 4. The van der Waals surface area contributed by atoms with Crippen LogP contribution in [0.2, 0.25) is 0 Å². The van der Waals surface area contributed by atoms with Gasteiger partial charge >= 0.3 is 6.09 Å². The van der Waals surface area contributed by atoms with E-state index >= 15 is 0 Å². The van der Waals surface area contributed by atoms with Crippen LogP contribution in [0.25, 0.3) is 0 Å². The lowest BCUT2D eigenvalue weighted by Gasteiger charge is -2.34. The molecule has 3 rings (SSSR count). The van der Waals surface area contributed by atoms with Crippen LogP contribution in [-0.2, 0) is 9.53 Å². The number of rotatable bonds is 10. The van der Waals surface area contributed by atoms with Gasteiger partial charge < -0.3 is 30.3 Å². The molecule has 0 spiro atoms. The third kappa shape index (κ3) is 9.60. The molecule has 3 amide bonds. The number of benzene rings is 1. The van der Waals surface area contributed by atoms with Crippen LogP contribution in [0.1, 0.15) is 37.6 Å². The van der Waals surface area contributed by atoms with Crippen molar-refractivity contribution in [3.63, 3.8) is 0 Å². The maximum atomic E-state index is 12.8. The molecule has 0 unspecified atom stereocenters. The summed E-state index contributed by atoms with van der Waals surface area (Å²) in [5, 5.41) is 16.1. The number of methoxy groups -OCH3 is 1. The van der Waals surface area contributed by atoms with Crippen LogP contribution in [0.15, 0.2) is 36.4 Å². The third-order valence-corrected chi connectivity index (χ3v) is 5.75. The zero-order chi connectivity index (χ0) is 27.5. The van der Waals surface area contributed by atoms with E-state index in [1.54, 1.807) is 36.4 Å². The molecule has 3 N–H and O–H groups in total. The van der Waals surface area contributed by atoms with Crippen LogP contribution < -0.4 is 20.7 Å². The molecule has 12 heteroatoms. The zero-order valence-corrected chi connectivity index (χ0v) is 22.5. The van der Waals surface area contributed by atoms with Crippen molar-refractivity contribution in [3.05, 3.63) is 42.0 Å². The van der Waals surface area contributed by atoms with Gasteiger partial charge in [-0.3, -0.25) is 14.5 Å². The molecule has 0 aliphatic carbocycles. The monoisotopic (exact) mass is 527 g/mol. The number of ether oxygens (including phenoxy) is 2. The first-order valence-electron chi connectivity index (χ1n) is 12.6. The van der Waals surface area contributed by atoms with E-state index in [0.717, 1.165) is 32.7 Å².